The number of imide groups is 1. The molecule has 20 heteroatoms. The molecule has 19 nitrogen and oxygen atoms in total. The zero-order valence-electron chi connectivity index (χ0n) is 41.8. The summed E-state index contributed by atoms with van der Waals surface area (Å²) in [7, 11) is 0. The van der Waals surface area contributed by atoms with Gasteiger partial charge in [-0.2, -0.15) is 5.10 Å². The number of piperazine rings is 1. The van der Waals surface area contributed by atoms with E-state index in [1.807, 2.05) is 90.7 Å². The van der Waals surface area contributed by atoms with Crippen molar-refractivity contribution in [3.63, 3.8) is 0 Å². The Labute approximate surface area is 437 Å². The highest BCUT2D eigenvalue weighted by molar-refractivity contribution is 6.05. The summed E-state index contributed by atoms with van der Waals surface area (Å²) >= 11 is 0. The van der Waals surface area contributed by atoms with Gasteiger partial charge in [-0.3, -0.25) is 39.4 Å². The zero-order valence-corrected chi connectivity index (χ0v) is 42.6. The first-order chi connectivity index (χ1) is 35.6. The molecule has 4 aliphatic heterocycles. The average Bonchev–Trinajstić information content (AvgIpc) is 4.05. The number of unbranched alkanes of at least 4 members (excludes halogenated alkanes) is 2. The number of benzene rings is 3. The first-order valence-electron chi connectivity index (χ1n) is 25.5. The van der Waals surface area contributed by atoms with Gasteiger partial charge in [-0.05, 0) is 137 Å². The second kappa shape index (κ2) is 25.3. The molecule has 5 N–H and O–H groups in total. The number of piperidine rings is 2. The lowest BCUT2D eigenvalue weighted by Gasteiger charge is -2.37. The van der Waals surface area contributed by atoms with Crippen LogP contribution in [-0.2, 0) is 35.9 Å². The Balaban J connectivity index is 0.00000729. The normalized spacial score (nSPS) is 17.8. The topological polar surface area (TPSA) is 225 Å². The van der Waals surface area contributed by atoms with E-state index in [-0.39, 0.29) is 55.1 Å². The summed E-state index contributed by atoms with van der Waals surface area (Å²) < 4.78 is 17.5. The Morgan fingerprint density at radius 2 is 1.61 bits per heavy atom. The Morgan fingerprint density at radius 3 is 2.39 bits per heavy atom. The number of pyridine rings is 1. The van der Waals surface area contributed by atoms with Gasteiger partial charge in [0.15, 0.2) is 11.6 Å². The van der Waals surface area contributed by atoms with Crippen molar-refractivity contribution in [2.45, 2.75) is 82.5 Å². The standard InChI is InChI=1S/C54H65N11O8.ClH/c1-37(57-50(68)40-7-5-8-42(33-40)60-54(19-23-56-24-20-54)53-59-49(61-62-53)39-17-21-55-22-18-39)38-9-12-44(13-10-38)73-32-4-2-3-29-71-30-6-31-72-36-48(67)64-27-25-63(26-28-64)43-11-14-45-41(34-43)35-65(52(45)70)46-15-16-47(66)58-51(46)69;/h5,7-14,17-18,21-22,33-34,37,46,56,60H,2-4,6,15-16,19-20,23-32,35-36H2,1H3,(H,57,68)(H,58,66,69)(H,59,61,62);1H/t37-,46?;/m1./s1. The number of amides is 5. The molecule has 3 saturated heterocycles. The molecule has 3 fully saturated rings. The van der Waals surface area contributed by atoms with Gasteiger partial charge in [-0.1, -0.05) is 18.2 Å². The summed E-state index contributed by atoms with van der Waals surface area (Å²) in [4.78, 5) is 78.0. The lowest BCUT2D eigenvalue weighted by Crippen LogP contribution is -2.52. The van der Waals surface area contributed by atoms with E-state index in [2.05, 4.69) is 41.3 Å². The van der Waals surface area contributed by atoms with Crippen LogP contribution in [0, 0.1) is 0 Å². The maximum atomic E-state index is 13.5. The lowest BCUT2D eigenvalue weighted by atomic mass is 9.87. The van der Waals surface area contributed by atoms with Gasteiger partial charge >= 0.3 is 0 Å². The van der Waals surface area contributed by atoms with E-state index >= 15 is 0 Å². The predicted molar refractivity (Wildman–Crippen MR) is 280 cm³/mol. The molecule has 3 aromatic carbocycles. The molecule has 1 unspecified atom stereocenters. The predicted octanol–water partition coefficient (Wildman–Crippen LogP) is 5.55. The van der Waals surface area contributed by atoms with E-state index in [0.717, 1.165) is 84.8 Å². The quantitative estimate of drug-likeness (QED) is 0.0424. The van der Waals surface area contributed by atoms with Crippen LogP contribution in [0.25, 0.3) is 11.4 Å². The van der Waals surface area contributed by atoms with Gasteiger partial charge in [0, 0.05) is 99.4 Å². The van der Waals surface area contributed by atoms with Crippen molar-refractivity contribution in [1.82, 2.24) is 45.9 Å². The van der Waals surface area contributed by atoms with E-state index < -0.39 is 17.5 Å². The number of hydrogen-bond acceptors (Lipinski definition) is 14. The van der Waals surface area contributed by atoms with Crippen LogP contribution < -0.4 is 30.9 Å². The number of rotatable bonds is 22. The Morgan fingerprint density at radius 1 is 0.851 bits per heavy atom. The molecule has 5 amide bonds. The molecule has 5 aromatic rings. The molecule has 392 valence electrons. The number of halogens is 1. The van der Waals surface area contributed by atoms with Crippen molar-refractivity contribution in [1.29, 1.82) is 0 Å². The molecule has 0 aliphatic carbocycles. The average molecular weight is 1030 g/mol. The molecule has 74 heavy (non-hydrogen) atoms. The second-order valence-electron chi connectivity index (χ2n) is 19.1. The molecule has 0 radical (unpaired) electrons. The zero-order chi connectivity index (χ0) is 50.6. The minimum absolute atomic E-state index is 0. The number of aromatic nitrogens is 4. The molecule has 0 spiro atoms. The molecule has 2 atom stereocenters. The van der Waals surface area contributed by atoms with Gasteiger partial charge in [0.1, 0.15) is 18.4 Å². The fraction of sp³-hybridized carbons (Fsp3) is 0.444. The summed E-state index contributed by atoms with van der Waals surface area (Å²) in [5, 5.41) is 20.3. The largest absolute Gasteiger partial charge is 0.494 e. The molecule has 0 bridgehead atoms. The van der Waals surface area contributed by atoms with Gasteiger partial charge in [-0.25, -0.2) is 4.98 Å². The number of fused-ring (bicyclic) bond motifs is 1. The van der Waals surface area contributed by atoms with Crippen LogP contribution in [0.3, 0.4) is 0 Å². The Kier molecular flexibility index (Phi) is 18.3. The molecule has 6 heterocycles. The summed E-state index contributed by atoms with van der Waals surface area (Å²) in [6, 6.07) is 24.1. The number of hydrogen-bond donors (Lipinski definition) is 5. The molecular weight excluding hydrogens is 966 g/mol. The molecule has 0 saturated carbocycles. The van der Waals surface area contributed by atoms with Crippen LogP contribution in [0.2, 0.25) is 0 Å². The summed E-state index contributed by atoms with van der Waals surface area (Å²) in [6.45, 7) is 8.67. The van der Waals surface area contributed by atoms with Gasteiger partial charge in [0.05, 0.1) is 18.2 Å². The van der Waals surface area contributed by atoms with Gasteiger partial charge in [0.25, 0.3) is 11.8 Å². The van der Waals surface area contributed by atoms with Gasteiger partial charge in [0.2, 0.25) is 17.7 Å². The first-order valence-corrected chi connectivity index (χ1v) is 25.5. The number of carbonyl (C=O) groups excluding carboxylic acids is 5. The van der Waals surface area contributed by atoms with Crippen molar-refractivity contribution in [2.24, 2.45) is 0 Å². The summed E-state index contributed by atoms with van der Waals surface area (Å²) in [5.74, 6) is 1.04. The SMILES string of the molecule is C[C@@H](NC(=O)c1cccc(NC2(c3nc(-c4ccncc4)n[nH]3)CCNCC2)c1)c1ccc(OCCCCCOCCCOCC(=O)N2CCN(c3ccc4c(c3)CN(C3CCC(=O)NC3=O)C4=O)CC2)cc1.Cl. The number of carbonyl (C=O) groups is 5. The number of nitrogens with one attached hydrogen (secondary N) is 5. The van der Waals surface area contributed by atoms with Crippen LogP contribution in [0.4, 0.5) is 11.4 Å². The number of aromatic amines is 1. The Bertz CT molecular complexity index is 2710. The van der Waals surface area contributed by atoms with Crippen LogP contribution in [0.1, 0.15) is 102 Å². The Hall–Kier alpha value is -6.93. The number of ether oxygens (including phenoxy) is 3. The third-order valence-electron chi connectivity index (χ3n) is 14.1. The van der Waals surface area contributed by atoms with Crippen molar-refractivity contribution in [3.8, 4) is 17.1 Å². The van der Waals surface area contributed by atoms with Crippen molar-refractivity contribution in [3.05, 3.63) is 119 Å². The van der Waals surface area contributed by atoms with E-state index in [0.29, 0.717) is 88.9 Å². The molecule has 2 aromatic heterocycles. The monoisotopic (exact) mass is 1030 g/mol. The van der Waals surface area contributed by atoms with Crippen molar-refractivity contribution < 1.29 is 38.2 Å². The summed E-state index contributed by atoms with van der Waals surface area (Å²) in [5.41, 5.74) is 5.19. The third kappa shape index (κ3) is 13.2. The van der Waals surface area contributed by atoms with Crippen LogP contribution in [0.5, 0.6) is 5.75 Å². The lowest BCUT2D eigenvalue weighted by molar-refractivity contribution is -0.137. The van der Waals surface area contributed by atoms with Gasteiger partial charge < -0.3 is 44.9 Å². The van der Waals surface area contributed by atoms with E-state index in [4.69, 9.17) is 19.2 Å². The fourth-order valence-electron chi connectivity index (χ4n) is 9.87. The highest BCUT2D eigenvalue weighted by Crippen LogP contribution is 2.35. The number of H-pyrrole nitrogens is 1. The molecule has 9 rings (SSSR count). The molecular formula is C54H66ClN11O8. The maximum Gasteiger partial charge on any atom is 0.255 e. The van der Waals surface area contributed by atoms with Crippen LogP contribution >= 0.6 is 12.4 Å². The molecule has 4 aliphatic rings. The minimum Gasteiger partial charge on any atom is -0.494 e. The highest BCUT2D eigenvalue weighted by Gasteiger charge is 2.40. The van der Waals surface area contributed by atoms with Crippen molar-refractivity contribution >= 4 is 53.3 Å². The highest BCUT2D eigenvalue weighted by atomic mass is 35.5. The number of anilines is 2. The van der Waals surface area contributed by atoms with E-state index in [9.17, 15) is 24.0 Å². The fourth-order valence-corrected chi connectivity index (χ4v) is 9.87. The van der Waals surface area contributed by atoms with E-state index in [1.54, 1.807) is 17.3 Å². The van der Waals surface area contributed by atoms with E-state index in [1.165, 1.54) is 0 Å². The number of nitrogens with zero attached hydrogens (tertiary/aromatic N) is 6. The van der Waals surface area contributed by atoms with Crippen LogP contribution in [0.15, 0.2) is 91.3 Å². The minimum atomic E-state index is -0.643. The van der Waals surface area contributed by atoms with Crippen LogP contribution in [-0.4, -0.2) is 138 Å². The second-order valence-corrected chi connectivity index (χ2v) is 19.1. The summed E-state index contributed by atoms with van der Waals surface area (Å²) in [6.07, 6.45) is 9.08. The third-order valence-corrected chi connectivity index (χ3v) is 14.1. The maximum absolute atomic E-state index is 13.5. The smallest absolute Gasteiger partial charge is 0.255 e. The first kappa shape index (κ1) is 53.4. The van der Waals surface area contributed by atoms with Gasteiger partial charge in [-0.15, -0.1) is 12.4 Å². The van der Waals surface area contributed by atoms with Crippen molar-refractivity contribution in [2.75, 3.05) is 82.5 Å².